The fourth-order valence-electron chi connectivity index (χ4n) is 2.10. The molecule has 0 fully saturated rings. The first-order valence-electron chi connectivity index (χ1n) is 7.15. The van der Waals surface area contributed by atoms with Gasteiger partial charge in [0.1, 0.15) is 5.56 Å². The van der Waals surface area contributed by atoms with Crippen LogP contribution in [0.3, 0.4) is 0 Å². The van der Waals surface area contributed by atoms with E-state index in [9.17, 15) is 0 Å². The van der Waals surface area contributed by atoms with Gasteiger partial charge in [0, 0.05) is 16.7 Å². The van der Waals surface area contributed by atoms with Crippen molar-refractivity contribution in [2.24, 2.45) is 0 Å². The van der Waals surface area contributed by atoms with Crippen LogP contribution in [-0.4, -0.2) is 7.05 Å². The summed E-state index contributed by atoms with van der Waals surface area (Å²) in [5, 5.41) is 0. The molecular weight excluding hydrogens is 266 g/mol. The van der Waals surface area contributed by atoms with Crippen LogP contribution in [0.4, 0.5) is 0 Å². The molecule has 106 valence electrons. The molecule has 1 heteroatoms. The van der Waals surface area contributed by atoms with Gasteiger partial charge in [-0.1, -0.05) is 34.7 Å². The van der Waals surface area contributed by atoms with E-state index in [2.05, 4.69) is 60.6 Å². The summed E-state index contributed by atoms with van der Waals surface area (Å²) in [5.74, 6) is 12.6. The molecule has 0 aliphatic rings. The zero-order chi connectivity index (χ0) is 15.9. The summed E-state index contributed by atoms with van der Waals surface area (Å²) in [7, 11) is 1.71. The lowest BCUT2D eigenvalue weighted by atomic mass is 9.99. The Bertz CT molecular complexity index is 885. The van der Waals surface area contributed by atoms with E-state index in [0.717, 1.165) is 22.3 Å². The van der Waals surface area contributed by atoms with Crippen molar-refractivity contribution in [3.8, 4) is 29.8 Å². The highest BCUT2D eigenvalue weighted by Crippen LogP contribution is 2.15. The molecule has 2 rings (SSSR count). The summed E-state index contributed by atoms with van der Waals surface area (Å²) in [6.07, 6.45) is 0. The highest BCUT2D eigenvalue weighted by atomic mass is 14.6. The number of rotatable bonds is 0. The van der Waals surface area contributed by atoms with Crippen LogP contribution in [-0.2, 0) is 0 Å². The second kappa shape index (κ2) is 7.17. The van der Waals surface area contributed by atoms with Gasteiger partial charge in [-0.15, -0.1) is 5.92 Å². The quantitative estimate of drug-likeness (QED) is 0.632. The maximum atomic E-state index is 3.95. The molecule has 0 heterocycles. The van der Waals surface area contributed by atoms with Crippen LogP contribution in [0.25, 0.3) is 4.85 Å². The molecule has 0 bridgehead atoms. The zero-order valence-electron chi connectivity index (χ0n) is 13.4. The van der Waals surface area contributed by atoms with E-state index in [0.29, 0.717) is 0 Å². The molecular formula is C21H18N+. The third-order valence-corrected chi connectivity index (χ3v) is 3.38. The first-order chi connectivity index (χ1) is 10.7. The van der Waals surface area contributed by atoms with E-state index >= 15 is 0 Å². The Morgan fingerprint density at radius 2 is 1.32 bits per heavy atom. The second-order valence-electron chi connectivity index (χ2n) is 4.99. The predicted octanol–water partition coefficient (Wildman–Crippen LogP) is 4.39. The number of aryl methyl sites for hydroxylation is 2. The lowest BCUT2D eigenvalue weighted by Gasteiger charge is -2.03. The van der Waals surface area contributed by atoms with E-state index in [4.69, 9.17) is 0 Å². The number of benzene rings is 2. The summed E-state index contributed by atoms with van der Waals surface area (Å²) in [5.41, 5.74) is 6.21. The molecule has 2 aromatic rings. The van der Waals surface area contributed by atoms with Gasteiger partial charge in [-0.25, -0.2) is 0 Å². The van der Waals surface area contributed by atoms with Crippen LogP contribution < -0.4 is 0 Å². The van der Waals surface area contributed by atoms with E-state index in [1.54, 1.807) is 7.05 Å². The summed E-state index contributed by atoms with van der Waals surface area (Å²) < 4.78 is 0. The molecule has 0 N–H and O–H groups in total. The minimum atomic E-state index is 0.907. The molecule has 1 nitrogen and oxygen atoms in total. The average molecular weight is 284 g/mol. The largest absolute Gasteiger partial charge is 0.311 e. The van der Waals surface area contributed by atoms with E-state index < -0.39 is 0 Å². The predicted molar refractivity (Wildman–Crippen MR) is 93.2 cm³/mol. The van der Waals surface area contributed by atoms with Crippen molar-refractivity contribution in [2.75, 3.05) is 7.05 Å². The molecule has 0 amide bonds. The molecule has 0 aromatic heterocycles. The Morgan fingerprint density at radius 1 is 0.773 bits per heavy atom. The number of hydrogen-bond acceptors (Lipinski definition) is 0. The fraction of sp³-hybridized carbons (Fsp3) is 0.190. The van der Waals surface area contributed by atoms with Crippen molar-refractivity contribution in [3.63, 3.8) is 0 Å². The monoisotopic (exact) mass is 284 g/mol. The van der Waals surface area contributed by atoms with Crippen molar-refractivity contribution >= 4 is 0 Å². The van der Waals surface area contributed by atoms with Gasteiger partial charge in [0.25, 0.3) is 7.05 Å². The topological polar surface area (TPSA) is 4.36 Å². The van der Waals surface area contributed by atoms with Crippen LogP contribution in [0.1, 0.15) is 40.3 Å². The molecule has 0 aliphatic heterocycles. The first kappa shape index (κ1) is 15.4. The van der Waals surface area contributed by atoms with Crippen molar-refractivity contribution < 1.29 is 0 Å². The Balaban J connectivity index is 2.54. The second-order valence-corrected chi connectivity index (χ2v) is 4.99. The Hall–Kier alpha value is -2.95. The third kappa shape index (κ3) is 3.58. The van der Waals surface area contributed by atoms with Gasteiger partial charge in [0.2, 0.25) is 0 Å². The minimum absolute atomic E-state index is 0.907. The highest BCUT2D eigenvalue weighted by Gasteiger charge is 2.03. The zero-order valence-corrected chi connectivity index (χ0v) is 13.4. The van der Waals surface area contributed by atoms with E-state index in [1.165, 1.54) is 11.1 Å². The van der Waals surface area contributed by atoms with Crippen LogP contribution in [0, 0.1) is 43.6 Å². The van der Waals surface area contributed by atoms with Crippen molar-refractivity contribution in [1.82, 2.24) is 0 Å². The molecule has 0 spiro atoms. The van der Waals surface area contributed by atoms with Crippen LogP contribution in [0.2, 0.25) is 0 Å². The van der Waals surface area contributed by atoms with Crippen LogP contribution in [0.15, 0.2) is 36.4 Å². The van der Waals surface area contributed by atoms with Gasteiger partial charge < -0.3 is 0 Å². The Kier molecular flexibility index (Phi) is 5.03. The summed E-state index contributed by atoms with van der Waals surface area (Å²) in [6, 6.07) is 15.0. The summed E-state index contributed by atoms with van der Waals surface area (Å²) >= 11 is 0. The summed E-state index contributed by atoms with van der Waals surface area (Å²) in [6.45, 7) is 6.03. The number of hydrogen-bond donors (Lipinski definition) is 0. The van der Waals surface area contributed by atoms with Gasteiger partial charge in [0.05, 0.1) is 0 Å². The smallest absolute Gasteiger partial charge is 0.101 e. The highest BCUT2D eigenvalue weighted by molar-refractivity contribution is 5.57. The molecule has 0 radical (unpaired) electrons. The van der Waals surface area contributed by atoms with Gasteiger partial charge in [-0.05, 0) is 56.2 Å². The maximum Gasteiger partial charge on any atom is 0.311 e. The molecule has 2 aromatic carbocycles. The van der Waals surface area contributed by atoms with E-state index in [-0.39, 0.29) is 0 Å². The molecule has 0 atom stereocenters. The van der Waals surface area contributed by atoms with Gasteiger partial charge >= 0.3 is 6.07 Å². The molecule has 0 saturated heterocycles. The van der Waals surface area contributed by atoms with Crippen molar-refractivity contribution in [3.05, 3.63) is 74.6 Å². The maximum absolute atomic E-state index is 3.95. The first-order valence-corrected chi connectivity index (χ1v) is 7.15. The van der Waals surface area contributed by atoms with E-state index in [1.807, 2.05) is 31.2 Å². The van der Waals surface area contributed by atoms with Crippen molar-refractivity contribution in [2.45, 2.75) is 20.8 Å². The molecule has 0 unspecified atom stereocenters. The van der Waals surface area contributed by atoms with Gasteiger partial charge in [-0.2, -0.15) is 0 Å². The Morgan fingerprint density at radius 3 is 1.91 bits per heavy atom. The Labute approximate surface area is 132 Å². The molecule has 22 heavy (non-hydrogen) atoms. The summed E-state index contributed by atoms with van der Waals surface area (Å²) in [4.78, 5) is 3.95. The number of nitrogens with zero attached hydrogens (tertiary/aromatic N) is 1. The van der Waals surface area contributed by atoms with Crippen molar-refractivity contribution in [1.29, 1.82) is 0 Å². The SMILES string of the molecule is CC#Cc1cc(C)c(C)cc1C#Cc1ccccc1C#[N+]C. The minimum Gasteiger partial charge on any atom is -0.101 e. The standard InChI is InChI=1S/C21H18N/c1-5-8-19-13-16(2)17(3)14-20(19)12-11-18-9-6-7-10-21(18)15-22-4/h6-7,9-10,13-14H,1-4H3/q+1. The fourth-order valence-corrected chi connectivity index (χ4v) is 2.10. The lowest BCUT2D eigenvalue weighted by molar-refractivity contribution is 1.32. The normalized spacial score (nSPS) is 8.73. The third-order valence-electron chi connectivity index (χ3n) is 3.38. The molecule has 0 saturated carbocycles. The van der Waals surface area contributed by atoms with Crippen LogP contribution in [0.5, 0.6) is 0 Å². The lowest BCUT2D eigenvalue weighted by Crippen LogP contribution is -1.90. The van der Waals surface area contributed by atoms with Crippen LogP contribution >= 0.6 is 0 Å². The van der Waals surface area contributed by atoms with Gasteiger partial charge in [0.15, 0.2) is 0 Å². The van der Waals surface area contributed by atoms with Gasteiger partial charge in [-0.3, -0.25) is 0 Å². The molecule has 0 aliphatic carbocycles. The average Bonchev–Trinajstić information content (AvgIpc) is 2.51.